The highest BCUT2D eigenvalue weighted by atomic mass is 19.3. The van der Waals surface area contributed by atoms with Crippen LogP contribution in [0.15, 0.2) is 84.9 Å². The second kappa shape index (κ2) is 22.6. The van der Waals surface area contributed by atoms with Crippen molar-refractivity contribution in [1.82, 2.24) is 0 Å². The Bertz CT molecular complexity index is 2810. The molecule has 2 saturated heterocycles. The fourth-order valence-electron chi connectivity index (χ4n) is 7.00. The van der Waals surface area contributed by atoms with Crippen LogP contribution in [0.1, 0.15) is 62.5 Å². The Kier molecular flexibility index (Phi) is 17.2. The van der Waals surface area contributed by atoms with Crippen LogP contribution in [-0.4, -0.2) is 26.4 Å². The number of hydrogen-bond donors (Lipinski definition) is 0. The van der Waals surface area contributed by atoms with Crippen molar-refractivity contribution < 1.29 is 98.7 Å². The molecule has 2 fully saturated rings. The number of alkyl halides is 4. The van der Waals surface area contributed by atoms with E-state index < -0.39 is 134 Å². The Morgan fingerprint density at radius 2 is 0.708 bits per heavy atom. The van der Waals surface area contributed by atoms with E-state index in [1.165, 1.54) is 12.1 Å². The van der Waals surface area contributed by atoms with Gasteiger partial charge >= 0.3 is 12.2 Å². The van der Waals surface area contributed by atoms with Gasteiger partial charge in [0.15, 0.2) is 47.5 Å². The Morgan fingerprint density at radius 3 is 1.12 bits per heavy atom. The summed E-state index contributed by atoms with van der Waals surface area (Å²) in [6, 6.07) is 9.03. The molecule has 0 N–H and O–H groups in total. The predicted octanol–water partition coefficient (Wildman–Crippen LogP) is 15.0. The van der Waals surface area contributed by atoms with Gasteiger partial charge < -0.3 is 28.4 Å². The molecule has 2 heterocycles. The number of benzene rings is 6. The molecule has 8 rings (SSSR count). The molecule has 6 aromatic rings. The van der Waals surface area contributed by atoms with Crippen molar-refractivity contribution >= 4 is 0 Å². The first kappa shape index (κ1) is 55.0. The fourth-order valence-corrected chi connectivity index (χ4v) is 7.00. The minimum atomic E-state index is -4.75. The standard InChI is InChI=1S/2C24H16F8O3.C2H6/c1-11-9-33-23(34-10-11)13-6-17(26)21(18(27)7-13)24(31,32)35-14-2-3-15(16(25)8-14)12-4-19(28)22(30)20(29)5-12;1-11-9-33-23(34-10-11)12-2-3-15(16(25)4-12)13-5-17(26)21(18(27)6-13)24(31,32)35-14-7-19(28)22(30)20(29)8-14;1-2/h2*2-8,11,23H,9-10H2,1H3;1-2H3. The van der Waals surface area contributed by atoms with E-state index in [-0.39, 0.29) is 48.3 Å². The van der Waals surface area contributed by atoms with Crippen LogP contribution in [0.4, 0.5) is 70.2 Å². The van der Waals surface area contributed by atoms with Gasteiger partial charge in [0.05, 0.1) is 26.4 Å². The molecule has 6 aromatic carbocycles. The van der Waals surface area contributed by atoms with Crippen molar-refractivity contribution in [3.8, 4) is 33.8 Å². The van der Waals surface area contributed by atoms with E-state index in [9.17, 15) is 70.2 Å². The Morgan fingerprint density at radius 1 is 0.389 bits per heavy atom. The van der Waals surface area contributed by atoms with Gasteiger partial charge in [-0.05, 0) is 65.7 Å². The van der Waals surface area contributed by atoms with E-state index in [0.29, 0.717) is 61.2 Å². The summed E-state index contributed by atoms with van der Waals surface area (Å²) in [7, 11) is 0. The van der Waals surface area contributed by atoms with Crippen LogP contribution in [0.3, 0.4) is 0 Å². The van der Waals surface area contributed by atoms with Crippen LogP contribution >= 0.6 is 0 Å². The second-order valence-electron chi connectivity index (χ2n) is 16.0. The minimum Gasteiger partial charge on any atom is -0.429 e. The SMILES string of the molecule is CC.CC1COC(c2cc(F)c(C(F)(F)Oc3ccc(-c4cc(F)c(F)c(F)c4)c(F)c3)c(F)c2)OC1.CC1COC(c2ccc(-c3cc(F)c(C(F)(F)Oc4cc(F)c(F)c(F)c4)c(F)c3)c(F)c2)OC1. The van der Waals surface area contributed by atoms with Crippen LogP contribution < -0.4 is 9.47 Å². The molecule has 0 unspecified atom stereocenters. The molecule has 0 aliphatic carbocycles. The molecule has 0 spiro atoms. The van der Waals surface area contributed by atoms with Gasteiger partial charge in [0.25, 0.3) is 0 Å². The lowest BCUT2D eigenvalue weighted by atomic mass is 10.00. The molecule has 6 nitrogen and oxygen atoms in total. The van der Waals surface area contributed by atoms with Gasteiger partial charge in [0, 0.05) is 52.3 Å². The van der Waals surface area contributed by atoms with Crippen LogP contribution in [0.5, 0.6) is 11.5 Å². The highest BCUT2D eigenvalue weighted by Crippen LogP contribution is 2.41. The zero-order chi connectivity index (χ0) is 53.0. The highest BCUT2D eigenvalue weighted by Gasteiger charge is 2.43. The van der Waals surface area contributed by atoms with Crippen LogP contribution in [-0.2, 0) is 31.2 Å². The highest BCUT2D eigenvalue weighted by molar-refractivity contribution is 5.66. The van der Waals surface area contributed by atoms with Crippen molar-refractivity contribution in [2.24, 2.45) is 11.8 Å². The molecule has 0 aromatic heterocycles. The molecule has 0 radical (unpaired) electrons. The van der Waals surface area contributed by atoms with Crippen molar-refractivity contribution in [2.45, 2.75) is 52.5 Å². The average molecular weight is 1040 g/mol. The molecular weight excluding hydrogens is 1000 g/mol. The van der Waals surface area contributed by atoms with Gasteiger partial charge in [-0.2, -0.15) is 17.6 Å². The molecule has 22 heteroatoms. The third kappa shape index (κ3) is 12.4. The fraction of sp³-hybridized carbons (Fsp3) is 0.280. The Hall–Kier alpha value is -6.36. The van der Waals surface area contributed by atoms with Crippen molar-refractivity contribution in [2.75, 3.05) is 26.4 Å². The molecule has 0 amide bonds. The summed E-state index contributed by atoms with van der Waals surface area (Å²) in [5.74, 6) is -21.5. The smallest absolute Gasteiger partial charge is 0.429 e. The van der Waals surface area contributed by atoms with E-state index in [1.807, 2.05) is 27.7 Å². The maximum absolute atomic E-state index is 14.7. The quantitative estimate of drug-likeness (QED) is 0.101. The normalized spacial score (nSPS) is 18.1. The third-order valence-electron chi connectivity index (χ3n) is 10.4. The van der Waals surface area contributed by atoms with Crippen molar-refractivity contribution in [3.63, 3.8) is 0 Å². The second-order valence-corrected chi connectivity index (χ2v) is 16.0. The van der Waals surface area contributed by atoms with E-state index in [1.54, 1.807) is 0 Å². The van der Waals surface area contributed by atoms with Crippen LogP contribution in [0, 0.1) is 81.6 Å². The first-order valence-corrected chi connectivity index (χ1v) is 21.4. The first-order chi connectivity index (χ1) is 33.9. The number of hydrogen-bond acceptors (Lipinski definition) is 6. The third-order valence-corrected chi connectivity index (χ3v) is 10.4. The topological polar surface area (TPSA) is 55.4 Å². The molecule has 386 valence electrons. The zero-order valence-electron chi connectivity index (χ0n) is 37.7. The van der Waals surface area contributed by atoms with Gasteiger partial charge in [-0.1, -0.05) is 39.8 Å². The summed E-state index contributed by atoms with van der Waals surface area (Å²) in [6.45, 7) is 8.99. The first-order valence-electron chi connectivity index (χ1n) is 21.4. The monoisotopic (exact) mass is 1040 g/mol. The van der Waals surface area contributed by atoms with Crippen LogP contribution in [0.2, 0.25) is 0 Å². The van der Waals surface area contributed by atoms with Crippen molar-refractivity contribution in [1.29, 1.82) is 0 Å². The molecule has 0 bridgehead atoms. The Balaban J connectivity index is 0.000000228. The number of ether oxygens (including phenoxy) is 6. The summed E-state index contributed by atoms with van der Waals surface area (Å²) >= 11 is 0. The van der Waals surface area contributed by atoms with Gasteiger partial charge in [0.1, 0.15) is 57.5 Å². The molecular formula is C50H38F16O6. The summed E-state index contributed by atoms with van der Waals surface area (Å²) in [5.41, 5.74) is -5.02. The van der Waals surface area contributed by atoms with Crippen LogP contribution in [0.25, 0.3) is 22.3 Å². The maximum Gasteiger partial charge on any atom is 0.432 e. The zero-order valence-corrected chi connectivity index (χ0v) is 37.7. The molecule has 0 saturated carbocycles. The van der Waals surface area contributed by atoms with E-state index >= 15 is 0 Å². The van der Waals surface area contributed by atoms with Gasteiger partial charge in [-0.25, -0.2) is 52.7 Å². The summed E-state index contributed by atoms with van der Waals surface area (Å²) < 4.78 is 255. The molecule has 72 heavy (non-hydrogen) atoms. The summed E-state index contributed by atoms with van der Waals surface area (Å²) in [4.78, 5) is 0. The number of halogens is 16. The average Bonchev–Trinajstić information content (AvgIpc) is 3.30. The molecule has 0 atom stereocenters. The van der Waals surface area contributed by atoms with E-state index in [4.69, 9.17) is 18.9 Å². The maximum atomic E-state index is 14.7. The van der Waals surface area contributed by atoms with E-state index in [0.717, 1.165) is 18.2 Å². The van der Waals surface area contributed by atoms with Gasteiger partial charge in [-0.15, -0.1) is 0 Å². The number of rotatable bonds is 10. The predicted molar refractivity (Wildman–Crippen MR) is 224 cm³/mol. The molecule has 2 aliphatic heterocycles. The Labute approximate surface area is 399 Å². The largest absolute Gasteiger partial charge is 0.432 e. The lowest BCUT2D eigenvalue weighted by Gasteiger charge is -2.28. The minimum absolute atomic E-state index is 0.0471. The van der Waals surface area contributed by atoms with Crippen molar-refractivity contribution in [3.05, 3.63) is 177 Å². The summed E-state index contributed by atoms with van der Waals surface area (Å²) in [5, 5.41) is 0. The lowest BCUT2D eigenvalue weighted by molar-refractivity contribution is -0.203. The van der Waals surface area contributed by atoms with E-state index in [2.05, 4.69) is 9.47 Å². The van der Waals surface area contributed by atoms with Gasteiger partial charge in [0.2, 0.25) is 0 Å². The van der Waals surface area contributed by atoms with Gasteiger partial charge in [-0.3, -0.25) is 0 Å². The molecule has 2 aliphatic rings. The summed E-state index contributed by atoms with van der Waals surface area (Å²) in [6.07, 6.45) is -11.3. The lowest BCUT2D eigenvalue weighted by Crippen LogP contribution is -2.27.